The fourth-order valence-electron chi connectivity index (χ4n) is 4.75. The number of carbonyl (C=O) groups is 2. The SMILES string of the molecule is NCc1c2c(nc3cc4c(cc13)OCO4)C1CC3=C(COC(=O)[C@H]3O)C(=O)N1C2. The number of benzene rings is 1. The van der Waals surface area contributed by atoms with E-state index in [4.69, 9.17) is 24.9 Å². The van der Waals surface area contributed by atoms with Crippen LogP contribution in [-0.4, -0.2) is 46.4 Å². The first-order valence-corrected chi connectivity index (χ1v) is 9.39. The first kappa shape index (κ1) is 16.8. The van der Waals surface area contributed by atoms with Crippen molar-refractivity contribution in [2.75, 3.05) is 13.4 Å². The largest absolute Gasteiger partial charge is 0.458 e. The van der Waals surface area contributed by atoms with Crippen LogP contribution in [0.2, 0.25) is 0 Å². The van der Waals surface area contributed by atoms with Crippen molar-refractivity contribution in [1.29, 1.82) is 0 Å². The maximum Gasteiger partial charge on any atom is 0.339 e. The van der Waals surface area contributed by atoms with E-state index < -0.39 is 12.1 Å². The monoisotopic (exact) mass is 395 g/mol. The summed E-state index contributed by atoms with van der Waals surface area (Å²) in [6.07, 6.45) is -1.06. The third-order valence-electron chi connectivity index (χ3n) is 6.19. The molecule has 9 nitrogen and oxygen atoms in total. The third kappa shape index (κ3) is 2.14. The Morgan fingerprint density at radius 2 is 2.00 bits per heavy atom. The van der Waals surface area contributed by atoms with E-state index in [9.17, 15) is 14.7 Å². The number of carbonyl (C=O) groups excluding carboxylic acids is 2. The van der Waals surface area contributed by atoms with Gasteiger partial charge < -0.3 is 30.0 Å². The van der Waals surface area contributed by atoms with Crippen molar-refractivity contribution in [2.45, 2.75) is 31.7 Å². The summed E-state index contributed by atoms with van der Waals surface area (Å²) in [6, 6.07) is 3.35. The highest BCUT2D eigenvalue weighted by atomic mass is 16.7. The van der Waals surface area contributed by atoms with Gasteiger partial charge >= 0.3 is 5.97 Å². The molecule has 0 spiro atoms. The van der Waals surface area contributed by atoms with Gasteiger partial charge in [0.25, 0.3) is 5.91 Å². The van der Waals surface area contributed by atoms with E-state index >= 15 is 0 Å². The molecule has 0 fully saturated rings. The van der Waals surface area contributed by atoms with Crippen LogP contribution < -0.4 is 15.2 Å². The van der Waals surface area contributed by atoms with Crippen LogP contribution in [0.3, 0.4) is 0 Å². The van der Waals surface area contributed by atoms with Gasteiger partial charge in [0.2, 0.25) is 6.79 Å². The number of esters is 1. The number of hydrogen-bond acceptors (Lipinski definition) is 8. The minimum absolute atomic E-state index is 0.107. The number of aromatic nitrogens is 1. The Balaban J connectivity index is 1.52. The highest BCUT2D eigenvalue weighted by Crippen LogP contribution is 2.47. The van der Waals surface area contributed by atoms with Gasteiger partial charge in [-0.2, -0.15) is 0 Å². The fourth-order valence-corrected chi connectivity index (χ4v) is 4.75. The second kappa shape index (κ2) is 5.68. The maximum absolute atomic E-state index is 13.1. The minimum atomic E-state index is -1.41. The predicted molar refractivity (Wildman–Crippen MR) is 97.7 cm³/mol. The number of rotatable bonds is 1. The Morgan fingerprint density at radius 1 is 1.21 bits per heavy atom. The van der Waals surface area contributed by atoms with Gasteiger partial charge in [-0.15, -0.1) is 0 Å². The molecule has 2 aromatic rings. The maximum atomic E-state index is 13.1. The number of nitrogens with two attached hydrogens (primary N) is 1. The first-order valence-electron chi connectivity index (χ1n) is 9.39. The number of aliphatic hydroxyl groups is 1. The summed E-state index contributed by atoms with van der Waals surface area (Å²) in [5.74, 6) is 0.321. The van der Waals surface area contributed by atoms with E-state index in [-0.39, 0.29) is 31.9 Å². The molecule has 9 heteroatoms. The molecular formula is C20H17N3O6. The molecule has 1 amide bonds. The molecule has 6 rings (SSSR count). The molecule has 1 aromatic heterocycles. The van der Waals surface area contributed by atoms with Crippen molar-refractivity contribution in [3.63, 3.8) is 0 Å². The lowest BCUT2D eigenvalue weighted by atomic mass is 9.88. The summed E-state index contributed by atoms with van der Waals surface area (Å²) in [4.78, 5) is 31.4. The zero-order valence-electron chi connectivity index (χ0n) is 15.3. The van der Waals surface area contributed by atoms with Gasteiger partial charge in [-0.1, -0.05) is 0 Å². The second-order valence-electron chi connectivity index (χ2n) is 7.55. The van der Waals surface area contributed by atoms with Gasteiger partial charge in [0, 0.05) is 30.1 Å². The van der Waals surface area contributed by atoms with Crippen LogP contribution in [0.15, 0.2) is 23.3 Å². The number of nitrogens with zero attached hydrogens (tertiary/aromatic N) is 2. The van der Waals surface area contributed by atoms with Crippen LogP contribution in [0.4, 0.5) is 0 Å². The highest BCUT2D eigenvalue weighted by Gasteiger charge is 2.46. The Bertz CT molecular complexity index is 1160. The standard InChI is InChI=1S/C20H17N3O6/c21-4-10-8-2-15-16(29-7-28-15)3-13(8)22-17-11(10)5-23-14(17)1-9-12(19(23)25)6-27-20(26)18(9)24/h2-3,14,18,24H,1,4-7,21H2/t14?,18-/m0/s1. The zero-order valence-corrected chi connectivity index (χ0v) is 15.3. The summed E-state index contributed by atoms with van der Waals surface area (Å²) in [7, 11) is 0. The van der Waals surface area contributed by atoms with Gasteiger partial charge in [-0.3, -0.25) is 9.78 Å². The summed E-state index contributed by atoms with van der Waals surface area (Å²) >= 11 is 0. The van der Waals surface area contributed by atoms with E-state index in [2.05, 4.69) is 0 Å². The number of aliphatic hydroxyl groups excluding tert-OH is 1. The van der Waals surface area contributed by atoms with Crippen LogP contribution in [0, 0.1) is 0 Å². The number of hydrogen-bond donors (Lipinski definition) is 2. The Morgan fingerprint density at radius 3 is 2.79 bits per heavy atom. The number of amides is 1. The number of pyridine rings is 1. The van der Waals surface area contributed by atoms with Crippen LogP contribution in [-0.2, 0) is 27.4 Å². The molecular weight excluding hydrogens is 378 g/mol. The third-order valence-corrected chi connectivity index (χ3v) is 6.19. The van der Waals surface area contributed by atoms with Crippen molar-refractivity contribution in [2.24, 2.45) is 5.73 Å². The molecule has 0 saturated carbocycles. The van der Waals surface area contributed by atoms with Gasteiger partial charge in [-0.05, 0) is 23.6 Å². The number of ether oxygens (including phenoxy) is 3. The molecule has 4 aliphatic heterocycles. The second-order valence-corrected chi connectivity index (χ2v) is 7.55. The summed E-state index contributed by atoms with van der Waals surface area (Å²) in [6.45, 7) is 0.722. The van der Waals surface area contributed by atoms with E-state index in [1.54, 1.807) is 4.90 Å². The molecule has 0 radical (unpaired) electrons. The summed E-state index contributed by atoms with van der Waals surface area (Å²) in [5, 5.41) is 11.1. The molecule has 0 aliphatic carbocycles. The average Bonchev–Trinajstić information content (AvgIpc) is 3.32. The van der Waals surface area contributed by atoms with Crippen molar-refractivity contribution >= 4 is 22.8 Å². The van der Waals surface area contributed by atoms with Crippen molar-refractivity contribution in [3.8, 4) is 11.5 Å². The zero-order chi connectivity index (χ0) is 19.9. The lowest BCUT2D eigenvalue weighted by molar-refractivity contribution is -0.154. The molecule has 5 heterocycles. The Labute approximate surface area is 164 Å². The first-order chi connectivity index (χ1) is 14.1. The lowest BCUT2D eigenvalue weighted by Crippen LogP contribution is -2.44. The highest BCUT2D eigenvalue weighted by molar-refractivity contribution is 6.00. The average molecular weight is 395 g/mol. The van der Waals surface area contributed by atoms with Gasteiger partial charge in [-0.25, -0.2) is 4.79 Å². The predicted octanol–water partition coefficient (Wildman–Crippen LogP) is 0.423. The van der Waals surface area contributed by atoms with Gasteiger partial charge in [0.15, 0.2) is 17.6 Å². The Hall–Kier alpha value is -3.17. The van der Waals surface area contributed by atoms with E-state index in [1.165, 1.54) is 0 Å². The van der Waals surface area contributed by atoms with E-state index in [0.29, 0.717) is 41.1 Å². The fraction of sp³-hybridized carbons (Fsp3) is 0.350. The van der Waals surface area contributed by atoms with Crippen molar-refractivity contribution < 1.29 is 28.9 Å². The number of fused-ring (bicyclic) bond motifs is 5. The molecule has 2 atom stereocenters. The smallest absolute Gasteiger partial charge is 0.339 e. The van der Waals surface area contributed by atoms with Gasteiger partial charge in [0.1, 0.15) is 6.61 Å². The molecule has 1 unspecified atom stereocenters. The van der Waals surface area contributed by atoms with Crippen LogP contribution in [0.5, 0.6) is 11.5 Å². The van der Waals surface area contributed by atoms with E-state index in [1.807, 2.05) is 12.1 Å². The Kier molecular flexibility index (Phi) is 3.28. The lowest BCUT2D eigenvalue weighted by Gasteiger charge is -2.36. The molecule has 148 valence electrons. The van der Waals surface area contributed by atoms with Crippen molar-refractivity contribution in [3.05, 3.63) is 40.1 Å². The van der Waals surface area contributed by atoms with Gasteiger partial charge in [0.05, 0.1) is 22.8 Å². The van der Waals surface area contributed by atoms with Crippen LogP contribution >= 0.6 is 0 Å². The summed E-state index contributed by atoms with van der Waals surface area (Å²) < 4.78 is 15.9. The molecule has 1 aromatic carbocycles. The van der Waals surface area contributed by atoms with Crippen LogP contribution in [0.1, 0.15) is 29.3 Å². The molecule has 4 aliphatic rings. The molecule has 29 heavy (non-hydrogen) atoms. The molecule has 0 saturated heterocycles. The number of cyclic esters (lactones) is 1. The quantitative estimate of drug-likeness (QED) is 0.666. The molecule has 0 bridgehead atoms. The van der Waals surface area contributed by atoms with Crippen LogP contribution in [0.25, 0.3) is 10.9 Å². The summed E-state index contributed by atoms with van der Waals surface area (Å²) in [5.41, 5.74) is 10.2. The normalized spacial score (nSPS) is 24.6. The minimum Gasteiger partial charge on any atom is -0.458 e. The van der Waals surface area contributed by atoms with E-state index in [0.717, 1.165) is 22.2 Å². The van der Waals surface area contributed by atoms with Crippen molar-refractivity contribution in [1.82, 2.24) is 9.88 Å². The molecule has 3 N–H and O–H groups in total. The topological polar surface area (TPSA) is 124 Å².